The molecule has 37 heavy (non-hydrogen) atoms. The van der Waals surface area contributed by atoms with Crippen molar-refractivity contribution in [2.75, 3.05) is 36.0 Å². The number of hydrogen-bond donors (Lipinski definition) is 2. The fourth-order valence-corrected chi connectivity index (χ4v) is 5.86. The van der Waals surface area contributed by atoms with Gasteiger partial charge in [0.2, 0.25) is 0 Å². The standard InChI is InChI=1S/C27H34N2O6S2/c1-5-28(6-2)22-13-9-20(10-14-22)27(21-11-15-23(16-12-21)29(7-3)8-4)25-19-24(36(30,31)32)17-18-26(25)37(33,34)35/h9-19,27H,5-8H2,1-4H3,(H,30,31,32)(H,33,34,35). The van der Waals surface area contributed by atoms with Gasteiger partial charge in [-0.15, -0.1) is 0 Å². The Bertz CT molecular complexity index is 1360. The zero-order valence-corrected chi connectivity index (χ0v) is 23.1. The molecule has 0 heterocycles. The molecule has 0 fully saturated rings. The van der Waals surface area contributed by atoms with E-state index in [1.807, 2.05) is 48.5 Å². The molecule has 0 aliphatic rings. The van der Waals surface area contributed by atoms with E-state index in [-0.39, 0.29) is 5.56 Å². The van der Waals surface area contributed by atoms with E-state index in [2.05, 4.69) is 37.5 Å². The normalized spacial score (nSPS) is 12.1. The largest absolute Gasteiger partial charge is 0.372 e. The summed E-state index contributed by atoms with van der Waals surface area (Å²) < 4.78 is 68.3. The minimum absolute atomic E-state index is 0.0452. The second-order valence-corrected chi connectivity index (χ2v) is 11.4. The Kier molecular flexibility index (Phi) is 9.01. The molecule has 0 atom stereocenters. The molecule has 3 aromatic rings. The van der Waals surface area contributed by atoms with Gasteiger partial charge in [0.1, 0.15) is 0 Å². The number of hydrogen-bond acceptors (Lipinski definition) is 6. The molecule has 10 heteroatoms. The Morgan fingerprint density at radius 2 is 1.03 bits per heavy atom. The average molecular weight is 547 g/mol. The van der Waals surface area contributed by atoms with Gasteiger partial charge in [0, 0.05) is 43.5 Å². The summed E-state index contributed by atoms with van der Waals surface area (Å²) in [4.78, 5) is 3.45. The van der Waals surface area contributed by atoms with Crippen molar-refractivity contribution in [3.8, 4) is 0 Å². The summed E-state index contributed by atoms with van der Waals surface area (Å²) in [5.74, 6) is -0.741. The summed E-state index contributed by atoms with van der Waals surface area (Å²) in [7, 11) is -9.33. The van der Waals surface area contributed by atoms with Crippen molar-refractivity contribution >= 4 is 31.6 Å². The first-order chi connectivity index (χ1) is 17.4. The van der Waals surface area contributed by atoms with Gasteiger partial charge in [0.15, 0.2) is 0 Å². The van der Waals surface area contributed by atoms with E-state index >= 15 is 0 Å². The highest BCUT2D eigenvalue weighted by Gasteiger charge is 2.27. The fraction of sp³-hybridized carbons (Fsp3) is 0.333. The fourth-order valence-electron chi connectivity index (χ4n) is 4.63. The third kappa shape index (κ3) is 6.51. The Morgan fingerprint density at radius 3 is 1.35 bits per heavy atom. The summed E-state index contributed by atoms with van der Waals surface area (Å²) in [5, 5.41) is 0. The molecular weight excluding hydrogens is 512 g/mol. The van der Waals surface area contributed by atoms with Crippen molar-refractivity contribution in [1.29, 1.82) is 0 Å². The summed E-state index contributed by atoms with van der Waals surface area (Å²) in [5.41, 5.74) is 3.42. The minimum atomic E-state index is -4.71. The van der Waals surface area contributed by atoms with Crippen LogP contribution in [0.25, 0.3) is 0 Å². The summed E-state index contributed by atoms with van der Waals surface area (Å²) in [6, 6.07) is 18.3. The molecule has 0 saturated carbocycles. The van der Waals surface area contributed by atoms with Gasteiger partial charge in [0.05, 0.1) is 9.79 Å². The van der Waals surface area contributed by atoms with Crippen LogP contribution in [-0.4, -0.2) is 52.1 Å². The molecule has 0 amide bonds. The van der Waals surface area contributed by atoms with E-state index < -0.39 is 35.9 Å². The Morgan fingerprint density at radius 1 is 0.622 bits per heavy atom. The van der Waals surface area contributed by atoms with E-state index in [9.17, 15) is 25.9 Å². The number of benzene rings is 3. The molecule has 0 bridgehead atoms. The molecule has 3 rings (SSSR count). The molecule has 200 valence electrons. The smallest absolute Gasteiger partial charge is 0.294 e. The van der Waals surface area contributed by atoms with Crippen molar-refractivity contribution < 1.29 is 25.9 Å². The first kappa shape index (κ1) is 28.6. The highest BCUT2D eigenvalue weighted by atomic mass is 32.2. The molecule has 0 aromatic heterocycles. The molecule has 0 aliphatic carbocycles. The van der Waals surface area contributed by atoms with Crippen LogP contribution in [0.5, 0.6) is 0 Å². The quantitative estimate of drug-likeness (QED) is 0.254. The Balaban J connectivity index is 2.29. The molecule has 0 saturated heterocycles. The van der Waals surface area contributed by atoms with Crippen LogP contribution >= 0.6 is 0 Å². The summed E-state index contributed by atoms with van der Waals surface area (Å²) >= 11 is 0. The molecule has 2 N–H and O–H groups in total. The average Bonchev–Trinajstić information content (AvgIpc) is 2.86. The summed E-state index contributed by atoms with van der Waals surface area (Å²) in [6.07, 6.45) is 0. The van der Waals surface area contributed by atoms with E-state index in [0.717, 1.165) is 55.8 Å². The van der Waals surface area contributed by atoms with E-state index in [1.165, 1.54) is 0 Å². The van der Waals surface area contributed by atoms with Crippen LogP contribution in [0.1, 0.15) is 50.3 Å². The van der Waals surface area contributed by atoms with E-state index in [4.69, 9.17) is 0 Å². The van der Waals surface area contributed by atoms with Crippen molar-refractivity contribution in [1.82, 2.24) is 0 Å². The van der Waals surface area contributed by atoms with Gasteiger partial charge in [-0.05, 0) is 86.8 Å². The van der Waals surface area contributed by atoms with Gasteiger partial charge in [-0.25, -0.2) is 0 Å². The van der Waals surface area contributed by atoms with Crippen LogP contribution in [0.3, 0.4) is 0 Å². The number of nitrogens with zero attached hydrogens (tertiary/aromatic N) is 2. The lowest BCUT2D eigenvalue weighted by molar-refractivity contribution is 0.477. The van der Waals surface area contributed by atoms with E-state index in [0.29, 0.717) is 11.1 Å². The lowest BCUT2D eigenvalue weighted by Crippen LogP contribution is -2.22. The van der Waals surface area contributed by atoms with Crippen LogP contribution in [0.2, 0.25) is 0 Å². The van der Waals surface area contributed by atoms with Crippen molar-refractivity contribution in [3.63, 3.8) is 0 Å². The Hall–Kier alpha value is -2.92. The van der Waals surface area contributed by atoms with Crippen molar-refractivity contribution in [2.24, 2.45) is 0 Å². The van der Waals surface area contributed by atoms with Gasteiger partial charge in [-0.1, -0.05) is 24.3 Å². The minimum Gasteiger partial charge on any atom is -0.372 e. The van der Waals surface area contributed by atoms with Crippen LogP contribution in [0.4, 0.5) is 11.4 Å². The third-order valence-corrected chi connectivity index (χ3v) is 8.36. The first-order valence-electron chi connectivity index (χ1n) is 12.2. The molecule has 0 spiro atoms. The van der Waals surface area contributed by atoms with Crippen molar-refractivity contribution in [3.05, 3.63) is 83.4 Å². The van der Waals surface area contributed by atoms with Crippen LogP contribution < -0.4 is 9.80 Å². The van der Waals surface area contributed by atoms with Crippen LogP contribution in [0, 0.1) is 0 Å². The third-order valence-electron chi connectivity index (χ3n) is 6.58. The molecule has 8 nitrogen and oxygen atoms in total. The predicted molar refractivity (Wildman–Crippen MR) is 147 cm³/mol. The van der Waals surface area contributed by atoms with E-state index in [1.54, 1.807) is 0 Å². The predicted octanol–water partition coefficient (Wildman–Crippen LogP) is 5.05. The maximum atomic E-state index is 12.4. The maximum Gasteiger partial charge on any atom is 0.294 e. The number of anilines is 2. The van der Waals surface area contributed by atoms with Gasteiger partial charge in [0.25, 0.3) is 20.2 Å². The van der Waals surface area contributed by atoms with Gasteiger partial charge < -0.3 is 9.80 Å². The Labute approximate surface area is 220 Å². The highest BCUT2D eigenvalue weighted by Crippen LogP contribution is 2.38. The van der Waals surface area contributed by atoms with Crippen LogP contribution in [0.15, 0.2) is 76.5 Å². The summed E-state index contributed by atoms with van der Waals surface area (Å²) in [6.45, 7) is 11.5. The lowest BCUT2D eigenvalue weighted by atomic mass is 9.85. The second-order valence-electron chi connectivity index (χ2n) is 8.61. The highest BCUT2D eigenvalue weighted by molar-refractivity contribution is 7.86. The van der Waals surface area contributed by atoms with Crippen LogP contribution in [-0.2, 0) is 20.2 Å². The van der Waals surface area contributed by atoms with Crippen molar-refractivity contribution in [2.45, 2.75) is 43.4 Å². The topological polar surface area (TPSA) is 115 Å². The second kappa shape index (κ2) is 11.6. The SMILES string of the molecule is CCN(CC)c1ccc(C(c2ccc(N(CC)CC)cc2)c2cc(S(=O)(=O)O)ccc2S(=O)(=O)O)cc1. The van der Waals surface area contributed by atoms with Gasteiger partial charge in [-0.3, -0.25) is 9.11 Å². The molecule has 0 aliphatic heterocycles. The molecule has 0 unspecified atom stereocenters. The van der Waals surface area contributed by atoms with Gasteiger partial charge in [-0.2, -0.15) is 16.8 Å². The monoisotopic (exact) mass is 546 g/mol. The lowest BCUT2D eigenvalue weighted by Gasteiger charge is -2.25. The first-order valence-corrected chi connectivity index (χ1v) is 15.1. The zero-order valence-electron chi connectivity index (χ0n) is 21.5. The molecule has 3 aromatic carbocycles. The molecule has 0 radical (unpaired) electrons. The maximum absolute atomic E-state index is 12.4. The van der Waals surface area contributed by atoms with Gasteiger partial charge >= 0.3 is 0 Å². The zero-order chi connectivity index (χ0) is 27.4. The number of rotatable bonds is 11. The molecular formula is C27H34N2O6S2.